The van der Waals surface area contributed by atoms with Gasteiger partial charge in [-0.2, -0.15) is 0 Å². The Morgan fingerprint density at radius 1 is 0.474 bits per heavy atom. The zero-order chi connectivity index (χ0) is 69.1. The molecule has 6 aliphatic heterocycles. The third-order valence-corrected chi connectivity index (χ3v) is 24.8. The molecular weight excluding hydrogens is 1260 g/mol. The minimum Gasteiger partial charge on any atom is -0.432 e. The van der Waals surface area contributed by atoms with Crippen LogP contribution < -0.4 is 0 Å². The second-order valence-electron chi connectivity index (χ2n) is 31.1. The van der Waals surface area contributed by atoms with Crippen molar-refractivity contribution in [1.82, 2.24) is 0 Å². The Morgan fingerprint density at radius 3 is 1.58 bits per heavy atom. The molecule has 11 rings (SSSR count). The van der Waals surface area contributed by atoms with Crippen LogP contribution in [0.1, 0.15) is 113 Å². The lowest BCUT2D eigenvalue weighted by Crippen LogP contribution is -2.67. The van der Waals surface area contributed by atoms with Crippen LogP contribution in [0, 0.1) is 50.2 Å². The van der Waals surface area contributed by atoms with Crippen LogP contribution >= 0.6 is 0 Å². The van der Waals surface area contributed by atoms with Gasteiger partial charge in [-0.15, -0.1) is 0 Å². The fourth-order valence-electron chi connectivity index (χ4n) is 18.7. The van der Waals surface area contributed by atoms with Crippen LogP contribution in [0.15, 0.2) is 11.6 Å². The van der Waals surface area contributed by atoms with Crippen molar-refractivity contribution in [3.63, 3.8) is 0 Å². The monoisotopic (exact) mass is 1370 g/mol. The molecule has 0 bridgehead atoms. The van der Waals surface area contributed by atoms with Crippen molar-refractivity contribution in [2.45, 2.75) is 291 Å². The fourth-order valence-corrected chi connectivity index (χ4v) is 18.7. The first-order valence-electron chi connectivity index (χ1n) is 33.7. The van der Waals surface area contributed by atoms with E-state index in [9.17, 15) is 91.9 Å². The summed E-state index contributed by atoms with van der Waals surface area (Å²) in [5.41, 5.74) is -1.97. The highest BCUT2D eigenvalue weighted by Crippen LogP contribution is 2.76. The van der Waals surface area contributed by atoms with Gasteiger partial charge in [-0.05, 0) is 109 Å². The Morgan fingerprint density at radius 2 is 0.958 bits per heavy atom. The summed E-state index contributed by atoms with van der Waals surface area (Å²) in [6, 6.07) is 0. The van der Waals surface area contributed by atoms with Crippen LogP contribution in [0.2, 0.25) is 0 Å². The van der Waals surface area contributed by atoms with Crippen LogP contribution in [0.25, 0.3) is 0 Å². The van der Waals surface area contributed by atoms with Gasteiger partial charge in [0.05, 0.1) is 51.2 Å². The van der Waals surface area contributed by atoms with E-state index in [1.54, 1.807) is 0 Å². The maximum atomic E-state index is 15.6. The second-order valence-corrected chi connectivity index (χ2v) is 31.1. The van der Waals surface area contributed by atoms with Crippen molar-refractivity contribution in [1.29, 1.82) is 0 Å². The molecule has 5 aliphatic carbocycles. The summed E-state index contributed by atoms with van der Waals surface area (Å²) in [5.74, 6) is -0.913. The van der Waals surface area contributed by atoms with Crippen LogP contribution in [0.4, 0.5) is 0 Å². The van der Waals surface area contributed by atoms with E-state index in [2.05, 4.69) is 54.5 Å². The quantitative estimate of drug-likeness (QED) is 0.0390. The molecular formula is C64H104O31. The lowest BCUT2D eigenvalue weighted by atomic mass is 9.33. The number of rotatable bonds is 16. The van der Waals surface area contributed by atoms with Gasteiger partial charge in [0.1, 0.15) is 128 Å². The van der Waals surface area contributed by atoms with Gasteiger partial charge in [0, 0.05) is 0 Å². The molecule has 95 heavy (non-hydrogen) atoms. The molecule has 0 aromatic heterocycles. The number of allylic oxidation sites excluding steroid dienone is 2. The molecule has 546 valence electrons. The van der Waals surface area contributed by atoms with Crippen molar-refractivity contribution < 1.29 is 154 Å². The zero-order valence-corrected chi connectivity index (χ0v) is 54.7. The van der Waals surface area contributed by atoms with Crippen LogP contribution in [0.3, 0.4) is 0 Å². The van der Waals surface area contributed by atoms with E-state index in [-0.39, 0.29) is 40.6 Å². The SMILES string of the molecule is CC1(C)CC[C@]2(C(=O)O[C@@H]3O[C@H](CO)[C@@H](O)[C@H](O)[C@H]3O[C@@H]3O[C@H](CO[C@@H]4O[C@H](CO)[C@@H](O)[C@H](O)[C@H]4O)[C@@H](O)[C@H](O)[C@H]3O)CC[C@]3(C)C(=CC[C@@H]4[C@@]5(C)CCC(O[C@@H]6O[C@H](CO[C@@H]7OC[C@H](O)[C@H](O)[C@H]7O)[C@@H](O)[C@H](O)[C@H]6O[C@@H]6OC[C@@H](O)[C@H](O)[C@H]6O)C(C)(C)[C@@H]5CC[C@]43C)[C@@H]2C1. The Balaban J connectivity index is 0.818. The van der Waals surface area contributed by atoms with Gasteiger partial charge in [-0.3, -0.25) is 4.79 Å². The van der Waals surface area contributed by atoms with E-state index in [1.807, 2.05) is 0 Å². The number of carbonyl (C=O) groups is 1. The smallest absolute Gasteiger partial charge is 0.315 e. The fraction of sp³-hybridized carbons (Fsp3) is 0.953. The molecule has 0 spiro atoms. The van der Waals surface area contributed by atoms with Gasteiger partial charge in [-0.25, -0.2) is 0 Å². The largest absolute Gasteiger partial charge is 0.432 e. The number of carbonyl (C=O) groups excluding carboxylic acids is 1. The maximum absolute atomic E-state index is 15.6. The van der Waals surface area contributed by atoms with Gasteiger partial charge in [-0.1, -0.05) is 60.1 Å². The van der Waals surface area contributed by atoms with Crippen LogP contribution in [-0.4, -0.2) is 316 Å². The molecule has 31 heteroatoms. The van der Waals surface area contributed by atoms with Crippen molar-refractivity contribution in [3.05, 3.63) is 11.6 Å². The molecule has 0 radical (unpaired) electrons. The summed E-state index contributed by atoms with van der Waals surface area (Å²) in [6.45, 7) is 12.0. The Hall–Kier alpha value is -1.95. The van der Waals surface area contributed by atoms with Gasteiger partial charge < -0.3 is 149 Å². The number of fused-ring (bicyclic) bond motifs is 7. The second kappa shape index (κ2) is 28.0. The topological polar surface area (TPSA) is 492 Å². The average molecular weight is 1370 g/mol. The van der Waals surface area contributed by atoms with E-state index in [1.165, 1.54) is 0 Å². The highest BCUT2D eigenvalue weighted by atomic mass is 16.8. The lowest BCUT2D eigenvalue weighted by molar-refractivity contribution is -0.374. The van der Waals surface area contributed by atoms with Crippen LogP contribution in [0.5, 0.6) is 0 Å². The molecule has 1 unspecified atom stereocenters. The number of aliphatic hydroxyl groups is 18. The molecule has 11 aliphatic rings. The van der Waals surface area contributed by atoms with E-state index >= 15 is 4.79 Å². The minimum absolute atomic E-state index is 0.0209. The molecule has 4 saturated carbocycles. The lowest BCUT2D eigenvalue weighted by Gasteiger charge is -2.71. The van der Waals surface area contributed by atoms with Gasteiger partial charge in [0.2, 0.25) is 6.29 Å². The Labute approximate surface area is 550 Å². The molecule has 0 aromatic rings. The third kappa shape index (κ3) is 13.1. The van der Waals surface area contributed by atoms with E-state index in [4.69, 9.17) is 56.8 Å². The number of ether oxygens (including phenoxy) is 12. The predicted molar refractivity (Wildman–Crippen MR) is 316 cm³/mol. The average Bonchev–Trinajstić information content (AvgIpc) is 0.676. The van der Waals surface area contributed by atoms with Gasteiger partial charge in [0.15, 0.2) is 37.6 Å². The molecule has 6 saturated heterocycles. The molecule has 18 N–H and O–H groups in total. The summed E-state index contributed by atoms with van der Waals surface area (Å²) in [6.07, 6.45) is -39.7. The number of esters is 1. The third-order valence-electron chi connectivity index (χ3n) is 24.8. The van der Waals surface area contributed by atoms with Crippen molar-refractivity contribution in [3.8, 4) is 0 Å². The van der Waals surface area contributed by atoms with Crippen molar-refractivity contribution in [2.75, 3.05) is 39.6 Å². The maximum Gasteiger partial charge on any atom is 0.315 e. The minimum atomic E-state index is -2.04. The number of aliphatic hydroxyl groups excluding tert-OH is 18. The molecule has 0 aromatic carbocycles. The van der Waals surface area contributed by atoms with E-state index < -0.39 is 233 Å². The van der Waals surface area contributed by atoms with Gasteiger partial charge >= 0.3 is 5.97 Å². The number of hydrogen-bond acceptors (Lipinski definition) is 31. The molecule has 6 heterocycles. The first-order valence-corrected chi connectivity index (χ1v) is 33.7. The predicted octanol–water partition coefficient (Wildman–Crippen LogP) is -5.11. The van der Waals surface area contributed by atoms with Crippen LogP contribution in [-0.2, 0) is 61.6 Å². The standard InChI is InChI=1S/C64H104O31/c1-59(2)14-16-64(58(83)95-57-51(44(77)39(72)30(20-66)89-57)94-55-49(82)43(76)40(73)31(90-55)24-87-53-48(81)42(75)38(71)29(19-65)88-53)17-15-62(6)25(26(64)18-59)8-9-34-61(5)12-11-35(60(3,4)33(61)10-13-63(34,62)7)92-56-50(93-54-47(80)37(70)28(68)22-85-54)45(78)41(74)32(91-56)23-86-52-46(79)36(69)27(67)21-84-52/h8,26-57,65-82H,9-24H2,1-7H3/t26-,27-,28+,29+,30+,31+,32+,33-,34+,35?,36-,37-,38+,39+,40+,41+,42-,43-,44-,45-,46+,47+,48+,49+,50+,51+,52-,53+,54-,55-,56-,57-,61-,62+,63+,64-/m0/s1. The van der Waals surface area contributed by atoms with Crippen molar-refractivity contribution in [2.24, 2.45) is 50.2 Å². The highest BCUT2D eigenvalue weighted by Gasteiger charge is 2.71. The van der Waals surface area contributed by atoms with Crippen molar-refractivity contribution >= 4 is 5.97 Å². The molecule has 31 nitrogen and oxygen atoms in total. The molecule has 10 fully saturated rings. The summed E-state index contributed by atoms with van der Waals surface area (Å²) in [7, 11) is 0. The Kier molecular flexibility index (Phi) is 21.9. The van der Waals surface area contributed by atoms with E-state index in [0.29, 0.717) is 51.4 Å². The first-order chi connectivity index (χ1) is 44.6. The Bertz CT molecular complexity index is 2650. The summed E-state index contributed by atoms with van der Waals surface area (Å²) in [5, 5.41) is 194. The molecule has 36 atom stereocenters. The summed E-state index contributed by atoms with van der Waals surface area (Å²) >= 11 is 0. The van der Waals surface area contributed by atoms with Gasteiger partial charge in [0.25, 0.3) is 0 Å². The number of hydrogen-bond donors (Lipinski definition) is 18. The summed E-state index contributed by atoms with van der Waals surface area (Å²) in [4.78, 5) is 15.6. The normalized spacial score (nSPS) is 53.8. The highest BCUT2D eigenvalue weighted by molar-refractivity contribution is 5.79. The van der Waals surface area contributed by atoms with E-state index in [0.717, 1.165) is 18.4 Å². The first kappa shape index (κ1) is 74.2. The molecule has 0 amide bonds. The zero-order valence-electron chi connectivity index (χ0n) is 54.7. The summed E-state index contributed by atoms with van der Waals surface area (Å²) < 4.78 is 71.7.